The van der Waals surface area contributed by atoms with Crippen molar-refractivity contribution in [2.24, 2.45) is 5.92 Å². The summed E-state index contributed by atoms with van der Waals surface area (Å²) in [5.74, 6) is 0.723. The summed E-state index contributed by atoms with van der Waals surface area (Å²) in [4.78, 5) is 2.33. The highest BCUT2D eigenvalue weighted by Crippen LogP contribution is 2.31. The molecule has 0 aliphatic carbocycles. The molecule has 1 unspecified atom stereocenters. The summed E-state index contributed by atoms with van der Waals surface area (Å²) in [6.45, 7) is 6.07. The minimum absolute atomic E-state index is 0.496. The fraction of sp³-hybridized carbons (Fsp3) is 0.562. The number of benzene rings is 1. The predicted octanol–water partition coefficient (Wildman–Crippen LogP) is 3.24. The number of aliphatic hydroxyl groups is 1. The second-order valence-corrected chi connectivity index (χ2v) is 5.42. The Morgan fingerprint density at radius 2 is 2.32 bits per heavy atom. The van der Waals surface area contributed by atoms with Gasteiger partial charge in [-0.1, -0.05) is 19.4 Å². The normalized spacial score (nSPS) is 20.9. The highest BCUT2D eigenvalue weighted by atomic mass is 16.3. The molecule has 1 aliphatic heterocycles. The molecule has 0 bridgehead atoms. The van der Waals surface area contributed by atoms with Crippen molar-refractivity contribution < 1.29 is 5.11 Å². The van der Waals surface area contributed by atoms with Gasteiger partial charge in [0.2, 0.25) is 0 Å². The van der Waals surface area contributed by atoms with Gasteiger partial charge in [-0.3, -0.25) is 0 Å². The molecule has 3 nitrogen and oxygen atoms in total. The summed E-state index contributed by atoms with van der Waals surface area (Å²) in [6.07, 6.45) is 3.17. The Morgan fingerprint density at radius 3 is 2.95 bits per heavy atom. The summed E-state index contributed by atoms with van der Waals surface area (Å²) in [7, 11) is 0. The maximum Gasteiger partial charge on any atom is 0.0992 e. The van der Waals surface area contributed by atoms with Crippen molar-refractivity contribution in [2.45, 2.75) is 39.2 Å². The summed E-state index contributed by atoms with van der Waals surface area (Å²) in [5, 5.41) is 19.0. The molecule has 1 N–H and O–H groups in total. The lowest BCUT2D eigenvalue weighted by Gasteiger charge is -2.35. The quantitative estimate of drug-likeness (QED) is 0.905. The van der Waals surface area contributed by atoms with E-state index in [1.165, 1.54) is 19.3 Å². The van der Waals surface area contributed by atoms with Crippen LogP contribution in [0.2, 0.25) is 0 Å². The molecule has 1 aliphatic rings. The fourth-order valence-corrected chi connectivity index (χ4v) is 2.86. The highest BCUT2D eigenvalue weighted by molar-refractivity contribution is 5.58. The zero-order valence-electron chi connectivity index (χ0n) is 11.8. The number of hydrogen-bond acceptors (Lipinski definition) is 3. The van der Waals surface area contributed by atoms with Gasteiger partial charge in [-0.2, -0.15) is 5.26 Å². The van der Waals surface area contributed by atoms with Crippen molar-refractivity contribution in [3.63, 3.8) is 0 Å². The zero-order valence-corrected chi connectivity index (χ0v) is 11.8. The molecule has 2 atom stereocenters. The standard InChI is InChI=1S/C16H22N2O/c1-3-13-5-4-8-18(11-13)16-9-14(10-17)6-7-15(16)12(2)19/h6-7,9,12-13,19H,3-5,8,11H2,1-2H3/t12-,13?/m0/s1. The lowest BCUT2D eigenvalue weighted by molar-refractivity contribution is 0.199. The first-order chi connectivity index (χ1) is 9.15. The van der Waals surface area contributed by atoms with E-state index in [1.807, 2.05) is 12.1 Å². The highest BCUT2D eigenvalue weighted by Gasteiger charge is 2.22. The third-order valence-corrected chi connectivity index (χ3v) is 4.05. The van der Waals surface area contributed by atoms with Crippen LogP contribution in [-0.2, 0) is 0 Å². The van der Waals surface area contributed by atoms with Gasteiger partial charge in [-0.05, 0) is 37.8 Å². The van der Waals surface area contributed by atoms with Crippen LogP contribution >= 0.6 is 0 Å². The predicted molar refractivity (Wildman–Crippen MR) is 77.0 cm³/mol. The molecule has 1 saturated heterocycles. The Labute approximate surface area is 115 Å². The molecule has 0 saturated carbocycles. The van der Waals surface area contributed by atoms with Crippen LogP contribution in [0, 0.1) is 17.2 Å². The molecule has 0 radical (unpaired) electrons. The third kappa shape index (κ3) is 3.08. The van der Waals surface area contributed by atoms with Gasteiger partial charge in [-0.15, -0.1) is 0 Å². The largest absolute Gasteiger partial charge is 0.389 e. The van der Waals surface area contributed by atoms with Gasteiger partial charge in [0.1, 0.15) is 0 Å². The molecule has 1 fully saturated rings. The number of nitriles is 1. The van der Waals surface area contributed by atoms with E-state index >= 15 is 0 Å². The topological polar surface area (TPSA) is 47.3 Å². The van der Waals surface area contributed by atoms with Crippen molar-refractivity contribution in [3.8, 4) is 6.07 Å². The second kappa shape index (κ2) is 6.08. The van der Waals surface area contributed by atoms with E-state index in [0.717, 1.165) is 30.3 Å². The zero-order chi connectivity index (χ0) is 13.8. The Balaban J connectivity index is 2.33. The van der Waals surface area contributed by atoms with E-state index in [9.17, 15) is 5.11 Å². The molecule has 3 heteroatoms. The minimum atomic E-state index is -0.496. The molecular weight excluding hydrogens is 236 g/mol. The van der Waals surface area contributed by atoms with Gasteiger partial charge in [0.05, 0.1) is 17.7 Å². The van der Waals surface area contributed by atoms with Crippen LogP contribution in [0.5, 0.6) is 0 Å². The first kappa shape index (κ1) is 13.9. The molecule has 0 amide bonds. The number of piperidine rings is 1. The molecule has 2 rings (SSSR count). The van der Waals surface area contributed by atoms with Crippen LogP contribution in [0.25, 0.3) is 0 Å². The SMILES string of the molecule is CCC1CCCN(c2cc(C#N)ccc2[C@H](C)O)C1. The lowest BCUT2D eigenvalue weighted by atomic mass is 9.94. The fourth-order valence-electron chi connectivity index (χ4n) is 2.86. The van der Waals surface area contributed by atoms with E-state index in [0.29, 0.717) is 5.56 Å². The van der Waals surface area contributed by atoms with Crippen molar-refractivity contribution in [1.29, 1.82) is 5.26 Å². The maximum absolute atomic E-state index is 9.91. The van der Waals surface area contributed by atoms with Crippen LogP contribution in [0.4, 0.5) is 5.69 Å². The second-order valence-electron chi connectivity index (χ2n) is 5.42. The molecule has 0 spiro atoms. The van der Waals surface area contributed by atoms with E-state index in [4.69, 9.17) is 5.26 Å². The van der Waals surface area contributed by atoms with Crippen LogP contribution in [-0.4, -0.2) is 18.2 Å². The van der Waals surface area contributed by atoms with Gasteiger partial charge >= 0.3 is 0 Å². The number of anilines is 1. The van der Waals surface area contributed by atoms with E-state index in [1.54, 1.807) is 13.0 Å². The van der Waals surface area contributed by atoms with Crippen LogP contribution in [0.15, 0.2) is 18.2 Å². The summed E-state index contributed by atoms with van der Waals surface area (Å²) in [5.41, 5.74) is 2.63. The van der Waals surface area contributed by atoms with Gasteiger partial charge in [0, 0.05) is 24.3 Å². The Bertz CT molecular complexity index is 476. The molecule has 1 heterocycles. The summed E-state index contributed by atoms with van der Waals surface area (Å²) < 4.78 is 0. The smallest absolute Gasteiger partial charge is 0.0992 e. The first-order valence-corrected chi connectivity index (χ1v) is 7.12. The van der Waals surface area contributed by atoms with Crippen molar-refractivity contribution in [2.75, 3.05) is 18.0 Å². The number of aliphatic hydroxyl groups excluding tert-OH is 1. The van der Waals surface area contributed by atoms with Crippen LogP contribution in [0.3, 0.4) is 0 Å². The van der Waals surface area contributed by atoms with Gasteiger partial charge in [0.15, 0.2) is 0 Å². The summed E-state index contributed by atoms with van der Waals surface area (Å²) in [6, 6.07) is 7.77. The van der Waals surface area contributed by atoms with E-state index < -0.39 is 6.10 Å². The Morgan fingerprint density at radius 1 is 1.53 bits per heavy atom. The van der Waals surface area contributed by atoms with Gasteiger partial charge in [0.25, 0.3) is 0 Å². The molecular formula is C16H22N2O. The number of nitrogens with zero attached hydrogens (tertiary/aromatic N) is 2. The van der Waals surface area contributed by atoms with E-state index in [2.05, 4.69) is 17.9 Å². The van der Waals surface area contributed by atoms with Crippen LogP contribution in [0.1, 0.15) is 50.3 Å². The average Bonchev–Trinajstić information content (AvgIpc) is 2.46. The van der Waals surface area contributed by atoms with Crippen LogP contribution < -0.4 is 4.90 Å². The van der Waals surface area contributed by atoms with Crippen molar-refractivity contribution >= 4 is 5.69 Å². The average molecular weight is 258 g/mol. The van der Waals surface area contributed by atoms with E-state index in [-0.39, 0.29) is 0 Å². The van der Waals surface area contributed by atoms with Gasteiger partial charge in [-0.25, -0.2) is 0 Å². The minimum Gasteiger partial charge on any atom is -0.389 e. The number of hydrogen-bond donors (Lipinski definition) is 1. The molecule has 0 aromatic heterocycles. The monoisotopic (exact) mass is 258 g/mol. The molecule has 1 aromatic carbocycles. The summed E-state index contributed by atoms with van der Waals surface area (Å²) >= 11 is 0. The van der Waals surface area contributed by atoms with Crippen molar-refractivity contribution in [3.05, 3.63) is 29.3 Å². The third-order valence-electron chi connectivity index (χ3n) is 4.05. The molecule has 1 aromatic rings. The Hall–Kier alpha value is -1.53. The lowest BCUT2D eigenvalue weighted by Crippen LogP contribution is -2.35. The number of rotatable bonds is 3. The maximum atomic E-state index is 9.91. The van der Waals surface area contributed by atoms with Gasteiger partial charge < -0.3 is 10.0 Å². The molecule has 102 valence electrons. The molecule has 19 heavy (non-hydrogen) atoms. The van der Waals surface area contributed by atoms with Crippen molar-refractivity contribution in [1.82, 2.24) is 0 Å². The first-order valence-electron chi connectivity index (χ1n) is 7.12. The Kier molecular flexibility index (Phi) is 4.44.